The summed E-state index contributed by atoms with van der Waals surface area (Å²) in [5.74, 6) is 0.544. The van der Waals surface area contributed by atoms with Crippen LogP contribution in [-0.2, 0) is 6.42 Å². The Morgan fingerprint density at radius 1 is 1.19 bits per heavy atom. The molecule has 0 saturated carbocycles. The second-order valence-electron chi connectivity index (χ2n) is 3.26. The molecule has 1 aromatic heterocycles. The zero-order chi connectivity index (χ0) is 11.5. The first-order chi connectivity index (χ1) is 7.66. The van der Waals surface area contributed by atoms with Crippen LogP contribution in [0.3, 0.4) is 0 Å². The summed E-state index contributed by atoms with van der Waals surface area (Å²) in [5.41, 5.74) is 0.577. The van der Waals surface area contributed by atoms with Gasteiger partial charge < -0.3 is 4.98 Å². The highest BCUT2D eigenvalue weighted by atomic mass is 35.5. The molecule has 0 spiro atoms. The number of nitrogens with one attached hydrogen (secondary N) is 1. The van der Waals surface area contributed by atoms with Gasteiger partial charge in [-0.05, 0) is 17.7 Å². The van der Waals surface area contributed by atoms with Gasteiger partial charge in [0.15, 0.2) is 0 Å². The minimum atomic E-state index is -0.187. The normalized spacial score (nSPS) is 10.4. The summed E-state index contributed by atoms with van der Waals surface area (Å²) in [6.07, 6.45) is 1.87. The van der Waals surface area contributed by atoms with Crippen molar-refractivity contribution >= 4 is 23.2 Å². The average molecular weight is 255 g/mol. The van der Waals surface area contributed by atoms with Crippen molar-refractivity contribution in [2.75, 3.05) is 0 Å². The molecule has 2 rings (SSSR count). The van der Waals surface area contributed by atoms with Crippen molar-refractivity contribution in [1.29, 1.82) is 0 Å². The Bertz CT molecular complexity index is 546. The van der Waals surface area contributed by atoms with Gasteiger partial charge in [-0.1, -0.05) is 29.3 Å². The fourth-order valence-electron chi connectivity index (χ4n) is 1.37. The largest absolute Gasteiger partial charge is 0.310 e. The fraction of sp³-hybridized carbons (Fsp3) is 0.0909. The first-order valence-corrected chi connectivity index (χ1v) is 5.39. The molecular weight excluding hydrogens is 247 g/mol. The first-order valence-electron chi connectivity index (χ1n) is 4.64. The van der Waals surface area contributed by atoms with Gasteiger partial charge in [-0.15, -0.1) is 0 Å². The predicted octanol–water partition coefficient (Wildman–Crippen LogP) is 2.67. The SMILES string of the molecule is O=c1ccnc(Cc2c(Cl)cccc2Cl)[nH]1. The van der Waals surface area contributed by atoms with Gasteiger partial charge in [-0.2, -0.15) is 0 Å². The maximum Gasteiger partial charge on any atom is 0.250 e. The summed E-state index contributed by atoms with van der Waals surface area (Å²) in [4.78, 5) is 17.8. The van der Waals surface area contributed by atoms with E-state index in [9.17, 15) is 4.79 Å². The van der Waals surface area contributed by atoms with E-state index in [2.05, 4.69) is 9.97 Å². The molecule has 1 N–H and O–H groups in total. The van der Waals surface area contributed by atoms with E-state index in [0.29, 0.717) is 22.3 Å². The van der Waals surface area contributed by atoms with Crippen molar-refractivity contribution in [3.05, 3.63) is 62.2 Å². The number of aromatic amines is 1. The number of hydrogen-bond donors (Lipinski definition) is 1. The molecule has 16 heavy (non-hydrogen) atoms. The Morgan fingerprint density at radius 2 is 1.88 bits per heavy atom. The first kappa shape index (κ1) is 11.2. The average Bonchev–Trinajstić information content (AvgIpc) is 2.24. The van der Waals surface area contributed by atoms with Crippen LogP contribution in [0.15, 0.2) is 35.3 Å². The molecule has 0 fully saturated rings. The van der Waals surface area contributed by atoms with Crippen LogP contribution in [0.2, 0.25) is 10.0 Å². The standard InChI is InChI=1S/C11H8Cl2N2O/c12-8-2-1-3-9(13)7(8)6-10-14-5-4-11(16)15-10/h1-5H,6H2,(H,14,15,16). The quantitative estimate of drug-likeness (QED) is 0.896. The molecule has 0 aliphatic heterocycles. The number of aromatic nitrogens is 2. The lowest BCUT2D eigenvalue weighted by Gasteiger charge is -2.05. The highest BCUT2D eigenvalue weighted by Crippen LogP contribution is 2.25. The maximum absolute atomic E-state index is 11.1. The van der Waals surface area contributed by atoms with Gasteiger partial charge >= 0.3 is 0 Å². The smallest absolute Gasteiger partial charge is 0.250 e. The zero-order valence-electron chi connectivity index (χ0n) is 8.21. The number of rotatable bonds is 2. The minimum absolute atomic E-state index is 0.187. The molecule has 0 amide bonds. The maximum atomic E-state index is 11.1. The molecule has 0 aliphatic rings. The van der Waals surface area contributed by atoms with Crippen LogP contribution in [-0.4, -0.2) is 9.97 Å². The summed E-state index contributed by atoms with van der Waals surface area (Å²) >= 11 is 12.0. The van der Waals surface area contributed by atoms with Gasteiger partial charge in [-0.3, -0.25) is 4.79 Å². The van der Waals surface area contributed by atoms with Gasteiger partial charge in [0.2, 0.25) is 0 Å². The number of halogens is 2. The Labute approximate surface area is 102 Å². The van der Waals surface area contributed by atoms with Crippen LogP contribution in [0.25, 0.3) is 0 Å². The highest BCUT2D eigenvalue weighted by Gasteiger charge is 2.07. The highest BCUT2D eigenvalue weighted by molar-refractivity contribution is 6.36. The van der Waals surface area contributed by atoms with E-state index >= 15 is 0 Å². The van der Waals surface area contributed by atoms with Crippen molar-refractivity contribution in [3.8, 4) is 0 Å². The second kappa shape index (κ2) is 4.68. The topological polar surface area (TPSA) is 45.8 Å². The molecule has 3 nitrogen and oxygen atoms in total. The molecule has 5 heteroatoms. The summed E-state index contributed by atoms with van der Waals surface area (Å²) in [5, 5.41) is 1.14. The summed E-state index contributed by atoms with van der Waals surface area (Å²) in [6.45, 7) is 0. The molecule has 2 aromatic rings. The lowest BCUT2D eigenvalue weighted by Crippen LogP contribution is -2.09. The third kappa shape index (κ3) is 2.43. The number of benzene rings is 1. The fourth-order valence-corrected chi connectivity index (χ4v) is 1.90. The number of nitrogens with zero attached hydrogens (tertiary/aromatic N) is 1. The monoisotopic (exact) mass is 254 g/mol. The van der Waals surface area contributed by atoms with Crippen LogP contribution in [0.4, 0.5) is 0 Å². The van der Waals surface area contributed by atoms with Crippen molar-refractivity contribution in [2.45, 2.75) is 6.42 Å². The molecule has 1 heterocycles. The molecule has 0 aliphatic carbocycles. The van der Waals surface area contributed by atoms with Crippen LogP contribution in [0.5, 0.6) is 0 Å². The van der Waals surface area contributed by atoms with Crippen LogP contribution < -0.4 is 5.56 Å². The summed E-state index contributed by atoms with van der Waals surface area (Å²) in [6, 6.07) is 6.64. The zero-order valence-corrected chi connectivity index (χ0v) is 9.72. The number of H-pyrrole nitrogens is 1. The lowest BCUT2D eigenvalue weighted by atomic mass is 10.1. The van der Waals surface area contributed by atoms with Gasteiger partial charge in [0, 0.05) is 28.7 Å². The van der Waals surface area contributed by atoms with E-state index < -0.39 is 0 Å². The molecule has 0 saturated heterocycles. The van der Waals surface area contributed by atoms with E-state index in [1.807, 2.05) is 0 Å². The molecule has 1 aromatic carbocycles. The lowest BCUT2D eigenvalue weighted by molar-refractivity contribution is 0.946. The minimum Gasteiger partial charge on any atom is -0.310 e. The molecule has 0 atom stereocenters. The Hall–Kier alpha value is -1.32. The Balaban J connectivity index is 2.38. The van der Waals surface area contributed by atoms with E-state index in [4.69, 9.17) is 23.2 Å². The van der Waals surface area contributed by atoms with E-state index in [0.717, 1.165) is 5.56 Å². The summed E-state index contributed by atoms with van der Waals surface area (Å²) in [7, 11) is 0. The van der Waals surface area contributed by atoms with Gasteiger partial charge in [0.05, 0.1) is 0 Å². The van der Waals surface area contributed by atoms with Crippen LogP contribution >= 0.6 is 23.2 Å². The molecule has 0 bridgehead atoms. The van der Waals surface area contributed by atoms with Gasteiger partial charge in [-0.25, -0.2) is 4.98 Å². The van der Waals surface area contributed by atoms with E-state index in [1.165, 1.54) is 12.3 Å². The third-order valence-corrected chi connectivity index (χ3v) is 2.84. The van der Waals surface area contributed by atoms with Crippen LogP contribution in [0, 0.1) is 0 Å². The van der Waals surface area contributed by atoms with E-state index in [1.54, 1.807) is 18.2 Å². The van der Waals surface area contributed by atoms with Crippen molar-refractivity contribution < 1.29 is 0 Å². The third-order valence-electron chi connectivity index (χ3n) is 2.13. The van der Waals surface area contributed by atoms with E-state index in [-0.39, 0.29) is 5.56 Å². The van der Waals surface area contributed by atoms with Crippen molar-refractivity contribution in [1.82, 2.24) is 9.97 Å². The number of hydrogen-bond acceptors (Lipinski definition) is 2. The molecular formula is C11H8Cl2N2O. The Morgan fingerprint density at radius 3 is 2.50 bits per heavy atom. The van der Waals surface area contributed by atoms with Gasteiger partial charge in [0.1, 0.15) is 5.82 Å². The predicted molar refractivity (Wildman–Crippen MR) is 64.1 cm³/mol. The summed E-state index contributed by atoms with van der Waals surface area (Å²) < 4.78 is 0. The molecule has 0 unspecified atom stereocenters. The molecule has 82 valence electrons. The molecule has 0 radical (unpaired) electrons. The van der Waals surface area contributed by atoms with Crippen molar-refractivity contribution in [3.63, 3.8) is 0 Å². The van der Waals surface area contributed by atoms with Crippen molar-refractivity contribution in [2.24, 2.45) is 0 Å². The van der Waals surface area contributed by atoms with Crippen LogP contribution in [0.1, 0.15) is 11.4 Å². The van der Waals surface area contributed by atoms with Gasteiger partial charge in [0.25, 0.3) is 5.56 Å². The Kier molecular flexibility index (Phi) is 3.27. The second-order valence-corrected chi connectivity index (χ2v) is 4.07.